The lowest BCUT2D eigenvalue weighted by Crippen LogP contribution is -2.41. The molecular formula is C20H24N2O3. The van der Waals surface area contributed by atoms with Crippen LogP contribution in [0.3, 0.4) is 0 Å². The van der Waals surface area contributed by atoms with Gasteiger partial charge in [-0.05, 0) is 57.5 Å². The summed E-state index contributed by atoms with van der Waals surface area (Å²) in [5.41, 5.74) is 1.58. The minimum atomic E-state index is -0.359. The third kappa shape index (κ3) is 5.95. The van der Waals surface area contributed by atoms with Gasteiger partial charge in [-0.25, -0.2) is 0 Å². The molecule has 0 spiro atoms. The Morgan fingerprint density at radius 1 is 1.04 bits per heavy atom. The van der Waals surface area contributed by atoms with Gasteiger partial charge in [0.2, 0.25) is 0 Å². The van der Waals surface area contributed by atoms with Crippen LogP contribution in [0.4, 0.5) is 5.69 Å². The summed E-state index contributed by atoms with van der Waals surface area (Å²) in [5, 5.41) is 5.63. The Morgan fingerprint density at radius 2 is 1.76 bits per heavy atom. The Bertz CT molecular complexity index is 764. The van der Waals surface area contributed by atoms with Crippen LogP contribution in [0.2, 0.25) is 0 Å². The van der Waals surface area contributed by atoms with E-state index in [9.17, 15) is 9.59 Å². The Morgan fingerprint density at radius 3 is 2.44 bits per heavy atom. The number of carbonyl (C=O) groups is 2. The molecule has 0 atom stereocenters. The number of hydrogen-bond donors (Lipinski definition) is 2. The fourth-order valence-corrected chi connectivity index (χ4v) is 2.24. The fraction of sp³-hybridized carbons (Fsp3) is 0.300. The monoisotopic (exact) mass is 340 g/mol. The van der Waals surface area contributed by atoms with E-state index >= 15 is 0 Å². The predicted molar refractivity (Wildman–Crippen MR) is 99.0 cm³/mol. The maximum Gasteiger partial charge on any atom is 0.262 e. The van der Waals surface area contributed by atoms with E-state index < -0.39 is 0 Å². The van der Waals surface area contributed by atoms with Gasteiger partial charge in [0.05, 0.1) is 11.3 Å². The summed E-state index contributed by atoms with van der Waals surface area (Å²) >= 11 is 0. The van der Waals surface area contributed by atoms with Crippen molar-refractivity contribution in [1.29, 1.82) is 0 Å². The van der Waals surface area contributed by atoms with Crippen LogP contribution >= 0.6 is 0 Å². The van der Waals surface area contributed by atoms with E-state index in [0.29, 0.717) is 17.0 Å². The number of para-hydroxylation sites is 1. The van der Waals surface area contributed by atoms with Gasteiger partial charge in [0.15, 0.2) is 6.61 Å². The molecule has 0 heterocycles. The van der Waals surface area contributed by atoms with Gasteiger partial charge in [-0.2, -0.15) is 0 Å². The van der Waals surface area contributed by atoms with Crippen molar-refractivity contribution in [3.63, 3.8) is 0 Å². The molecule has 0 radical (unpaired) electrons. The topological polar surface area (TPSA) is 67.4 Å². The Hall–Kier alpha value is -2.82. The second-order valence-corrected chi connectivity index (χ2v) is 6.90. The molecule has 5 nitrogen and oxygen atoms in total. The molecule has 0 saturated carbocycles. The summed E-state index contributed by atoms with van der Waals surface area (Å²) in [6.45, 7) is 7.54. The van der Waals surface area contributed by atoms with Crippen molar-refractivity contribution in [3.8, 4) is 5.75 Å². The van der Waals surface area contributed by atoms with Crippen LogP contribution in [0, 0.1) is 6.92 Å². The van der Waals surface area contributed by atoms with Crippen LogP contribution in [0.5, 0.6) is 5.75 Å². The predicted octanol–water partition coefficient (Wildman–Crippen LogP) is 3.54. The number of benzene rings is 2. The smallest absolute Gasteiger partial charge is 0.262 e. The number of rotatable bonds is 5. The largest absolute Gasteiger partial charge is 0.484 e. The van der Waals surface area contributed by atoms with Crippen molar-refractivity contribution in [1.82, 2.24) is 5.32 Å². The maximum atomic E-state index is 12.4. The van der Waals surface area contributed by atoms with Gasteiger partial charge in [0, 0.05) is 5.54 Å². The Labute approximate surface area is 148 Å². The zero-order valence-electron chi connectivity index (χ0n) is 15.1. The van der Waals surface area contributed by atoms with Gasteiger partial charge in [0.1, 0.15) is 5.75 Å². The molecule has 2 N–H and O–H groups in total. The zero-order chi connectivity index (χ0) is 18.4. The molecule has 2 aromatic rings. The highest BCUT2D eigenvalue weighted by Gasteiger charge is 2.18. The van der Waals surface area contributed by atoms with Crippen LogP contribution in [-0.2, 0) is 4.79 Å². The summed E-state index contributed by atoms with van der Waals surface area (Å²) < 4.78 is 5.49. The lowest BCUT2D eigenvalue weighted by atomic mass is 10.1. The third-order valence-corrected chi connectivity index (χ3v) is 3.29. The molecule has 0 fully saturated rings. The quantitative estimate of drug-likeness (QED) is 0.875. The van der Waals surface area contributed by atoms with Gasteiger partial charge in [-0.15, -0.1) is 0 Å². The molecule has 2 amide bonds. The summed E-state index contributed by atoms with van der Waals surface area (Å²) in [6, 6.07) is 14.4. The molecule has 0 saturated heterocycles. The van der Waals surface area contributed by atoms with E-state index in [1.165, 1.54) is 0 Å². The molecule has 0 aromatic heterocycles. The Kier molecular flexibility index (Phi) is 5.80. The third-order valence-electron chi connectivity index (χ3n) is 3.29. The highest BCUT2D eigenvalue weighted by molar-refractivity contribution is 6.04. The highest BCUT2D eigenvalue weighted by atomic mass is 16.5. The molecule has 25 heavy (non-hydrogen) atoms. The first-order valence-corrected chi connectivity index (χ1v) is 8.15. The normalized spacial score (nSPS) is 10.9. The average molecular weight is 340 g/mol. The SMILES string of the molecule is Cc1cccc(OCC(=O)Nc2ccccc2C(=O)NC(C)(C)C)c1. The lowest BCUT2D eigenvalue weighted by Gasteiger charge is -2.21. The van der Waals surface area contributed by atoms with Crippen molar-refractivity contribution < 1.29 is 14.3 Å². The van der Waals surface area contributed by atoms with Crippen LogP contribution in [0.25, 0.3) is 0 Å². The average Bonchev–Trinajstić information content (AvgIpc) is 2.52. The maximum absolute atomic E-state index is 12.4. The number of carbonyl (C=O) groups excluding carboxylic acids is 2. The van der Waals surface area contributed by atoms with Crippen molar-refractivity contribution >= 4 is 17.5 Å². The van der Waals surface area contributed by atoms with Gasteiger partial charge in [-0.1, -0.05) is 24.3 Å². The first-order valence-electron chi connectivity index (χ1n) is 8.15. The van der Waals surface area contributed by atoms with E-state index in [-0.39, 0.29) is 24.0 Å². The summed E-state index contributed by atoms with van der Waals surface area (Å²) in [4.78, 5) is 24.5. The van der Waals surface area contributed by atoms with E-state index in [4.69, 9.17) is 4.74 Å². The van der Waals surface area contributed by atoms with Crippen molar-refractivity contribution in [2.75, 3.05) is 11.9 Å². The van der Waals surface area contributed by atoms with Gasteiger partial charge in [0.25, 0.3) is 11.8 Å². The van der Waals surface area contributed by atoms with Gasteiger partial charge >= 0.3 is 0 Å². The number of aryl methyl sites for hydroxylation is 1. The van der Waals surface area contributed by atoms with Crippen LogP contribution < -0.4 is 15.4 Å². The minimum Gasteiger partial charge on any atom is -0.484 e. The molecule has 0 aliphatic heterocycles. The second kappa shape index (κ2) is 7.83. The van der Waals surface area contributed by atoms with Crippen molar-refractivity contribution in [3.05, 3.63) is 59.7 Å². The molecule has 0 unspecified atom stereocenters. The summed E-state index contributed by atoms with van der Waals surface area (Å²) in [5.74, 6) is 0.0782. The first kappa shape index (κ1) is 18.5. The molecule has 132 valence electrons. The molecule has 0 aliphatic rings. The number of anilines is 1. The van der Waals surface area contributed by atoms with Crippen LogP contribution in [-0.4, -0.2) is 24.0 Å². The number of ether oxygens (including phenoxy) is 1. The number of hydrogen-bond acceptors (Lipinski definition) is 3. The van der Waals surface area contributed by atoms with E-state index in [1.54, 1.807) is 30.3 Å². The lowest BCUT2D eigenvalue weighted by molar-refractivity contribution is -0.118. The highest BCUT2D eigenvalue weighted by Crippen LogP contribution is 2.17. The summed E-state index contributed by atoms with van der Waals surface area (Å²) in [6.07, 6.45) is 0. The molecule has 2 rings (SSSR count). The second-order valence-electron chi connectivity index (χ2n) is 6.90. The molecule has 0 aliphatic carbocycles. The molecule has 0 bridgehead atoms. The van der Waals surface area contributed by atoms with Crippen LogP contribution in [0.15, 0.2) is 48.5 Å². The zero-order valence-corrected chi connectivity index (χ0v) is 15.1. The van der Waals surface area contributed by atoms with Crippen LogP contribution in [0.1, 0.15) is 36.7 Å². The van der Waals surface area contributed by atoms with E-state index in [0.717, 1.165) is 5.56 Å². The van der Waals surface area contributed by atoms with Crippen molar-refractivity contribution in [2.45, 2.75) is 33.2 Å². The Balaban J connectivity index is 2.02. The molecule has 5 heteroatoms. The summed E-state index contributed by atoms with van der Waals surface area (Å²) in [7, 11) is 0. The van der Waals surface area contributed by atoms with Gasteiger partial charge < -0.3 is 15.4 Å². The fourth-order valence-electron chi connectivity index (χ4n) is 2.24. The molecular weight excluding hydrogens is 316 g/mol. The van der Waals surface area contributed by atoms with Crippen molar-refractivity contribution in [2.24, 2.45) is 0 Å². The minimum absolute atomic E-state index is 0.126. The molecule has 2 aromatic carbocycles. The van der Waals surface area contributed by atoms with Gasteiger partial charge in [-0.3, -0.25) is 9.59 Å². The standard InChI is InChI=1S/C20H24N2O3/c1-14-8-7-9-15(12-14)25-13-18(23)21-17-11-6-5-10-16(17)19(24)22-20(2,3)4/h5-12H,13H2,1-4H3,(H,21,23)(H,22,24). The number of amides is 2. The van der Waals surface area contributed by atoms with E-state index in [2.05, 4.69) is 10.6 Å². The first-order chi connectivity index (χ1) is 11.7. The van der Waals surface area contributed by atoms with E-state index in [1.807, 2.05) is 45.9 Å². The number of nitrogens with one attached hydrogen (secondary N) is 2.